The van der Waals surface area contributed by atoms with E-state index in [0.717, 1.165) is 19.3 Å². The van der Waals surface area contributed by atoms with Crippen molar-refractivity contribution in [1.29, 1.82) is 0 Å². The Bertz CT molecular complexity index is 397. The number of carbonyl (C=O) groups excluding carboxylic acids is 1. The fraction of sp³-hybridized carbons (Fsp3) is 0.857. The molecular formula is C14H24N2O5. The van der Waals surface area contributed by atoms with E-state index in [9.17, 15) is 9.59 Å². The summed E-state index contributed by atoms with van der Waals surface area (Å²) in [5, 5.41) is 21.0. The summed E-state index contributed by atoms with van der Waals surface area (Å²) in [7, 11) is 0. The summed E-state index contributed by atoms with van der Waals surface area (Å²) >= 11 is 0. The monoisotopic (exact) mass is 300 g/mol. The van der Waals surface area contributed by atoms with E-state index in [1.807, 2.05) is 6.92 Å². The van der Waals surface area contributed by atoms with Crippen LogP contribution in [0.15, 0.2) is 0 Å². The predicted octanol–water partition coefficient (Wildman–Crippen LogP) is 0.423. The number of nitrogens with zero attached hydrogens (tertiary/aromatic N) is 1. The molecule has 0 aromatic carbocycles. The van der Waals surface area contributed by atoms with E-state index in [0.29, 0.717) is 19.6 Å². The molecular weight excluding hydrogens is 276 g/mol. The second-order valence-electron chi connectivity index (χ2n) is 6.24. The SMILES string of the molecule is CC1CN(C(=O)NCC2(CC(=O)O)CCC2)CC(CO)O1. The first-order valence-electron chi connectivity index (χ1n) is 7.45. The van der Waals surface area contributed by atoms with Crippen LogP contribution < -0.4 is 5.32 Å². The van der Waals surface area contributed by atoms with Crippen LogP contribution in [0.25, 0.3) is 0 Å². The fourth-order valence-electron chi connectivity index (χ4n) is 3.10. The van der Waals surface area contributed by atoms with Gasteiger partial charge in [0, 0.05) is 13.1 Å². The number of carboxylic acids is 1. The van der Waals surface area contributed by atoms with Crippen LogP contribution in [0.1, 0.15) is 32.6 Å². The largest absolute Gasteiger partial charge is 0.481 e. The number of hydrogen-bond acceptors (Lipinski definition) is 4. The number of aliphatic hydroxyl groups is 1. The lowest BCUT2D eigenvalue weighted by Crippen LogP contribution is -2.55. The third-order valence-electron chi connectivity index (χ3n) is 4.37. The number of rotatable bonds is 5. The zero-order valence-electron chi connectivity index (χ0n) is 12.4. The van der Waals surface area contributed by atoms with Crippen LogP contribution in [0, 0.1) is 5.41 Å². The van der Waals surface area contributed by atoms with E-state index in [1.54, 1.807) is 4.90 Å². The van der Waals surface area contributed by atoms with Crippen molar-refractivity contribution in [2.45, 2.75) is 44.8 Å². The summed E-state index contributed by atoms with van der Waals surface area (Å²) in [5.74, 6) is -0.815. The maximum Gasteiger partial charge on any atom is 0.317 e. The Labute approximate surface area is 124 Å². The Morgan fingerprint density at radius 3 is 2.62 bits per heavy atom. The molecule has 7 nitrogen and oxygen atoms in total. The Kier molecular flexibility index (Phi) is 5.05. The maximum atomic E-state index is 12.2. The highest BCUT2D eigenvalue weighted by atomic mass is 16.5. The normalized spacial score (nSPS) is 27.8. The topological polar surface area (TPSA) is 99.1 Å². The Morgan fingerprint density at radius 2 is 2.10 bits per heavy atom. The summed E-state index contributed by atoms with van der Waals surface area (Å²) in [6, 6.07) is -0.208. The van der Waals surface area contributed by atoms with Crippen LogP contribution in [0.5, 0.6) is 0 Å². The lowest BCUT2D eigenvalue weighted by Gasteiger charge is -2.42. The van der Waals surface area contributed by atoms with Gasteiger partial charge in [-0.15, -0.1) is 0 Å². The van der Waals surface area contributed by atoms with Crippen LogP contribution in [0.2, 0.25) is 0 Å². The fourth-order valence-corrected chi connectivity index (χ4v) is 3.10. The summed E-state index contributed by atoms with van der Waals surface area (Å²) < 4.78 is 5.50. The van der Waals surface area contributed by atoms with Crippen molar-refractivity contribution in [3.05, 3.63) is 0 Å². The highest BCUT2D eigenvalue weighted by molar-refractivity contribution is 5.74. The molecule has 2 amide bonds. The lowest BCUT2D eigenvalue weighted by atomic mass is 9.66. The number of carbonyl (C=O) groups is 2. The second-order valence-corrected chi connectivity index (χ2v) is 6.24. The van der Waals surface area contributed by atoms with Crippen molar-refractivity contribution in [1.82, 2.24) is 10.2 Å². The first-order valence-corrected chi connectivity index (χ1v) is 7.45. The average Bonchev–Trinajstić information content (AvgIpc) is 2.40. The third-order valence-corrected chi connectivity index (χ3v) is 4.37. The molecule has 2 rings (SSSR count). The average molecular weight is 300 g/mol. The minimum Gasteiger partial charge on any atom is -0.481 e. The van der Waals surface area contributed by atoms with Crippen LogP contribution in [-0.4, -0.2) is 65.6 Å². The van der Waals surface area contributed by atoms with Gasteiger partial charge in [-0.05, 0) is 25.2 Å². The molecule has 2 aliphatic rings. The van der Waals surface area contributed by atoms with Gasteiger partial charge in [0.15, 0.2) is 0 Å². The maximum absolute atomic E-state index is 12.2. The summed E-state index contributed by atoms with van der Waals surface area (Å²) in [4.78, 5) is 24.7. The number of amides is 2. The Morgan fingerprint density at radius 1 is 1.38 bits per heavy atom. The molecule has 2 fully saturated rings. The standard InChI is InChI=1S/C14H24N2O5/c1-10-6-16(7-11(8-17)21-10)13(20)15-9-14(3-2-4-14)5-12(18)19/h10-11,17H,2-9H2,1H3,(H,15,20)(H,18,19). The summed E-state index contributed by atoms with van der Waals surface area (Å²) in [6.45, 7) is 2.98. The zero-order chi connectivity index (χ0) is 15.5. The van der Waals surface area contributed by atoms with Gasteiger partial charge in [0.05, 0.1) is 31.8 Å². The van der Waals surface area contributed by atoms with Gasteiger partial charge in [0.25, 0.3) is 0 Å². The van der Waals surface area contributed by atoms with Crippen molar-refractivity contribution in [3.8, 4) is 0 Å². The highest BCUT2D eigenvalue weighted by Gasteiger charge is 2.39. The Hall–Kier alpha value is -1.34. The van der Waals surface area contributed by atoms with Crippen molar-refractivity contribution in [2.75, 3.05) is 26.2 Å². The number of hydrogen-bond donors (Lipinski definition) is 3. The van der Waals surface area contributed by atoms with Crippen molar-refractivity contribution < 1.29 is 24.5 Å². The molecule has 7 heteroatoms. The van der Waals surface area contributed by atoms with Gasteiger partial charge in [0.2, 0.25) is 0 Å². The summed E-state index contributed by atoms with van der Waals surface area (Å²) in [5.41, 5.74) is -0.282. The first-order chi connectivity index (χ1) is 9.94. The molecule has 120 valence electrons. The van der Waals surface area contributed by atoms with Crippen molar-refractivity contribution in [3.63, 3.8) is 0 Å². The van der Waals surface area contributed by atoms with Crippen molar-refractivity contribution in [2.24, 2.45) is 5.41 Å². The molecule has 0 spiro atoms. The minimum absolute atomic E-state index is 0.103. The molecule has 1 saturated heterocycles. The van der Waals surface area contributed by atoms with Crippen LogP contribution in [0.4, 0.5) is 4.79 Å². The number of morpholine rings is 1. The zero-order valence-corrected chi connectivity index (χ0v) is 12.4. The van der Waals surface area contributed by atoms with Crippen molar-refractivity contribution >= 4 is 12.0 Å². The molecule has 1 aliphatic heterocycles. The number of aliphatic hydroxyl groups excluding tert-OH is 1. The van der Waals surface area contributed by atoms with E-state index in [2.05, 4.69) is 5.32 Å². The number of urea groups is 1. The van der Waals surface area contributed by atoms with E-state index in [-0.39, 0.29) is 36.7 Å². The van der Waals surface area contributed by atoms with E-state index in [4.69, 9.17) is 14.9 Å². The molecule has 1 saturated carbocycles. The Balaban J connectivity index is 1.84. The number of ether oxygens (including phenoxy) is 1. The summed E-state index contributed by atoms with van der Waals surface area (Å²) in [6.07, 6.45) is 2.35. The molecule has 21 heavy (non-hydrogen) atoms. The quantitative estimate of drug-likeness (QED) is 0.683. The molecule has 0 aromatic rings. The molecule has 0 radical (unpaired) electrons. The minimum atomic E-state index is -0.815. The van der Waals surface area contributed by atoms with E-state index in [1.165, 1.54) is 0 Å². The third kappa shape index (κ3) is 4.07. The molecule has 1 aliphatic carbocycles. The molecule has 0 bridgehead atoms. The van der Waals surface area contributed by atoms with Gasteiger partial charge in [-0.3, -0.25) is 4.79 Å². The lowest BCUT2D eigenvalue weighted by molar-refractivity contribution is -0.141. The first kappa shape index (κ1) is 16.0. The van der Waals surface area contributed by atoms with Crippen LogP contribution in [0.3, 0.4) is 0 Å². The molecule has 3 N–H and O–H groups in total. The van der Waals surface area contributed by atoms with Gasteiger partial charge in [-0.1, -0.05) is 6.42 Å². The van der Waals surface area contributed by atoms with Gasteiger partial charge in [-0.2, -0.15) is 0 Å². The molecule has 2 atom stereocenters. The number of nitrogens with one attached hydrogen (secondary N) is 1. The molecule has 0 aromatic heterocycles. The van der Waals surface area contributed by atoms with Gasteiger partial charge in [0.1, 0.15) is 0 Å². The predicted molar refractivity (Wildman–Crippen MR) is 74.9 cm³/mol. The van der Waals surface area contributed by atoms with Gasteiger partial charge >= 0.3 is 12.0 Å². The van der Waals surface area contributed by atoms with Gasteiger partial charge < -0.3 is 25.2 Å². The van der Waals surface area contributed by atoms with Crippen LogP contribution in [-0.2, 0) is 9.53 Å². The molecule has 1 heterocycles. The number of aliphatic carboxylic acids is 1. The second kappa shape index (κ2) is 6.62. The van der Waals surface area contributed by atoms with E-state index < -0.39 is 5.97 Å². The van der Waals surface area contributed by atoms with Crippen LogP contribution >= 0.6 is 0 Å². The van der Waals surface area contributed by atoms with E-state index >= 15 is 0 Å². The van der Waals surface area contributed by atoms with Gasteiger partial charge in [-0.25, -0.2) is 4.79 Å². The molecule has 2 unspecified atom stereocenters. The number of carboxylic acid groups (broad SMARTS) is 1. The highest BCUT2D eigenvalue weighted by Crippen LogP contribution is 2.43. The smallest absolute Gasteiger partial charge is 0.317 e.